The van der Waals surface area contributed by atoms with E-state index in [1.165, 1.54) is 0 Å². The molecule has 0 saturated heterocycles. The largest absolute Gasteiger partial charge is 0.380 e. The van der Waals surface area contributed by atoms with E-state index in [2.05, 4.69) is 17.2 Å². The lowest BCUT2D eigenvalue weighted by atomic mass is 10.1. The Balaban J connectivity index is 2.16. The van der Waals surface area contributed by atoms with Gasteiger partial charge in [0.05, 0.1) is 16.5 Å². The molecular formula is C14H17N3O2S. The van der Waals surface area contributed by atoms with Gasteiger partial charge in [0.15, 0.2) is 0 Å². The molecule has 0 aliphatic heterocycles. The minimum absolute atomic E-state index is 0.150. The summed E-state index contributed by atoms with van der Waals surface area (Å²) < 4.78 is 0. The Morgan fingerprint density at radius 1 is 1.35 bits per heavy atom. The maximum absolute atomic E-state index is 11.0. The third-order valence-corrected chi connectivity index (χ3v) is 4.24. The lowest BCUT2D eigenvalue weighted by Gasteiger charge is -2.09. The molecule has 2 rings (SSSR count). The molecule has 0 spiro atoms. The van der Waals surface area contributed by atoms with E-state index in [1.807, 2.05) is 19.2 Å². The van der Waals surface area contributed by atoms with E-state index in [4.69, 9.17) is 0 Å². The van der Waals surface area contributed by atoms with Crippen molar-refractivity contribution in [1.82, 2.24) is 4.98 Å². The van der Waals surface area contributed by atoms with Crippen LogP contribution in [0.1, 0.15) is 27.9 Å². The van der Waals surface area contributed by atoms with Crippen LogP contribution >= 0.6 is 11.3 Å². The van der Waals surface area contributed by atoms with Gasteiger partial charge in [-0.2, -0.15) is 0 Å². The van der Waals surface area contributed by atoms with Crippen molar-refractivity contribution in [3.05, 3.63) is 49.5 Å². The molecule has 0 aliphatic rings. The summed E-state index contributed by atoms with van der Waals surface area (Å²) in [6.07, 6.45) is 2.79. The first-order valence-corrected chi connectivity index (χ1v) is 7.26. The van der Waals surface area contributed by atoms with Crippen molar-refractivity contribution in [2.75, 3.05) is 5.32 Å². The first kappa shape index (κ1) is 14.5. The Labute approximate surface area is 121 Å². The van der Waals surface area contributed by atoms with E-state index in [1.54, 1.807) is 24.3 Å². The molecule has 5 nitrogen and oxygen atoms in total. The van der Waals surface area contributed by atoms with E-state index in [0.717, 1.165) is 27.6 Å². The summed E-state index contributed by atoms with van der Waals surface area (Å²) in [6, 6.07) is 3.44. The molecule has 0 aliphatic carbocycles. The summed E-state index contributed by atoms with van der Waals surface area (Å²) in [4.78, 5) is 16.1. The van der Waals surface area contributed by atoms with E-state index in [-0.39, 0.29) is 10.6 Å². The van der Waals surface area contributed by atoms with Gasteiger partial charge in [-0.3, -0.25) is 10.1 Å². The fraction of sp³-hybridized carbons (Fsp3) is 0.357. The summed E-state index contributed by atoms with van der Waals surface area (Å²) in [5.41, 5.74) is 2.64. The number of hydrogen-bond donors (Lipinski definition) is 1. The lowest BCUT2D eigenvalue weighted by molar-refractivity contribution is -0.385. The quantitative estimate of drug-likeness (QED) is 0.671. The van der Waals surface area contributed by atoms with Crippen LogP contribution in [0.4, 0.5) is 11.4 Å². The third kappa shape index (κ3) is 3.14. The molecule has 0 bridgehead atoms. The monoisotopic (exact) mass is 291 g/mol. The molecule has 0 radical (unpaired) electrons. The second kappa shape index (κ2) is 6.00. The molecule has 0 unspecified atom stereocenters. The van der Waals surface area contributed by atoms with Gasteiger partial charge in [0.1, 0.15) is 0 Å². The summed E-state index contributed by atoms with van der Waals surface area (Å²) in [7, 11) is 0. The Bertz CT molecular complexity index is 637. The number of rotatable bonds is 5. The van der Waals surface area contributed by atoms with Gasteiger partial charge in [0, 0.05) is 28.4 Å². The number of aromatic nitrogens is 1. The molecule has 0 amide bonds. The first-order valence-electron chi connectivity index (χ1n) is 6.44. The Hall–Kier alpha value is -1.95. The van der Waals surface area contributed by atoms with E-state index in [0.29, 0.717) is 12.1 Å². The molecule has 0 saturated carbocycles. The van der Waals surface area contributed by atoms with Crippen LogP contribution in [0, 0.1) is 24.0 Å². The Morgan fingerprint density at radius 2 is 2.10 bits per heavy atom. The van der Waals surface area contributed by atoms with Crippen molar-refractivity contribution >= 4 is 22.7 Å². The second-order valence-corrected chi connectivity index (χ2v) is 5.84. The zero-order valence-corrected chi connectivity index (χ0v) is 12.6. The van der Waals surface area contributed by atoms with Crippen molar-refractivity contribution < 1.29 is 4.92 Å². The number of nitrogens with one attached hydrogen (secondary N) is 1. The highest BCUT2D eigenvalue weighted by Crippen LogP contribution is 2.27. The summed E-state index contributed by atoms with van der Waals surface area (Å²) in [6.45, 7) is 6.41. The average molecular weight is 291 g/mol. The van der Waals surface area contributed by atoms with Gasteiger partial charge in [-0.05, 0) is 31.9 Å². The molecule has 1 N–H and O–H groups in total. The topological polar surface area (TPSA) is 68.1 Å². The van der Waals surface area contributed by atoms with Crippen LogP contribution in [-0.4, -0.2) is 9.91 Å². The number of hydrogen-bond acceptors (Lipinski definition) is 5. The van der Waals surface area contributed by atoms with Gasteiger partial charge in [-0.25, -0.2) is 4.98 Å². The number of nitro groups is 1. The Kier molecular flexibility index (Phi) is 4.34. The van der Waals surface area contributed by atoms with E-state index < -0.39 is 0 Å². The maximum Gasteiger partial charge on any atom is 0.274 e. The van der Waals surface area contributed by atoms with Crippen LogP contribution in [0.3, 0.4) is 0 Å². The minimum Gasteiger partial charge on any atom is -0.380 e. The van der Waals surface area contributed by atoms with Gasteiger partial charge in [0.25, 0.3) is 5.69 Å². The van der Waals surface area contributed by atoms with Crippen LogP contribution < -0.4 is 5.32 Å². The molecule has 1 aromatic carbocycles. The molecule has 20 heavy (non-hydrogen) atoms. The molecule has 2 aromatic rings. The lowest BCUT2D eigenvalue weighted by Crippen LogP contribution is -2.02. The number of thiazole rings is 1. The molecule has 1 heterocycles. The van der Waals surface area contributed by atoms with Crippen LogP contribution in [0.25, 0.3) is 0 Å². The summed E-state index contributed by atoms with van der Waals surface area (Å²) >= 11 is 1.66. The third-order valence-electron chi connectivity index (χ3n) is 3.10. The highest BCUT2D eigenvalue weighted by Gasteiger charge is 2.13. The number of benzene rings is 1. The van der Waals surface area contributed by atoms with Gasteiger partial charge in [-0.1, -0.05) is 6.92 Å². The van der Waals surface area contributed by atoms with Crippen molar-refractivity contribution in [1.29, 1.82) is 0 Å². The molecular weight excluding hydrogens is 274 g/mol. The second-order valence-electron chi connectivity index (χ2n) is 4.64. The van der Waals surface area contributed by atoms with Gasteiger partial charge < -0.3 is 5.32 Å². The summed E-state index contributed by atoms with van der Waals surface area (Å²) in [5.74, 6) is 0. The number of aryl methyl sites for hydroxylation is 3. The van der Waals surface area contributed by atoms with E-state index in [9.17, 15) is 10.1 Å². The van der Waals surface area contributed by atoms with Crippen molar-refractivity contribution in [2.45, 2.75) is 33.7 Å². The SMILES string of the molecule is CCc1ncc(CNc2cc([N+](=O)[O-])c(C)cc2C)s1. The zero-order chi connectivity index (χ0) is 14.7. The molecule has 106 valence electrons. The van der Waals surface area contributed by atoms with Gasteiger partial charge in [0.2, 0.25) is 0 Å². The van der Waals surface area contributed by atoms with Crippen molar-refractivity contribution in [3.8, 4) is 0 Å². The highest BCUT2D eigenvalue weighted by atomic mass is 32.1. The smallest absolute Gasteiger partial charge is 0.274 e. The van der Waals surface area contributed by atoms with Crippen LogP contribution in [0.5, 0.6) is 0 Å². The van der Waals surface area contributed by atoms with Crippen LogP contribution in [-0.2, 0) is 13.0 Å². The van der Waals surface area contributed by atoms with Gasteiger partial charge in [-0.15, -0.1) is 11.3 Å². The van der Waals surface area contributed by atoms with E-state index >= 15 is 0 Å². The summed E-state index contributed by atoms with van der Waals surface area (Å²) in [5, 5.41) is 15.3. The number of nitrogens with zero attached hydrogens (tertiary/aromatic N) is 2. The van der Waals surface area contributed by atoms with Crippen molar-refractivity contribution in [3.63, 3.8) is 0 Å². The highest BCUT2D eigenvalue weighted by molar-refractivity contribution is 7.11. The molecule has 0 atom stereocenters. The standard InChI is InChI=1S/C14H17N3O2S/c1-4-14-16-8-11(20-14)7-15-12-6-13(17(18)19)10(3)5-9(12)2/h5-6,8,15H,4,7H2,1-3H3. The first-order chi connectivity index (χ1) is 9.51. The Morgan fingerprint density at radius 3 is 2.70 bits per heavy atom. The molecule has 0 fully saturated rings. The van der Waals surface area contributed by atoms with Crippen LogP contribution in [0.15, 0.2) is 18.3 Å². The molecule has 6 heteroatoms. The molecule has 1 aromatic heterocycles. The fourth-order valence-corrected chi connectivity index (χ4v) is 2.81. The average Bonchev–Trinajstić information content (AvgIpc) is 2.85. The normalized spacial score (nSPS) is 10.6. The van der Waals surface area contributed by atoms with Crippen LogP contribution in [0.2, 0.25) is 0 Å². The fourth-order valence-electron chi connectivity index (χ4n) is 2.00. The minimum atomic E-state index is -0.345. The predicted molar refractivity (Wildman–Crippen MR) is 81.4 cm³/mol. The maximum atomic E-state index is 11.0. The number of anilines is 1. The van der Waals surface area contributed by atoms with Crippen molar-refractivity contribution in [2.24, 2.45) is 0 Å². The van der Waals surface area contributed by atoms with Gasteiger partial charge >= 0.3 is 0 Å². The zero-order valence-electron chi connectivity index (χ0n) is 11.8. The predicted octanol–water partition coefficient (Wildman–Crippen LogP) is 3.84. The number of nitro benzene ring substituents is 1.